The van der Waals surface area contributed by atoms with Gasteiger partial charge in [0.05, 0.1) is 6.61 Å². The molecule has 1 heterocycles. The van der Waals surface area contributed by atoms with E-state index >= 15 is 0 Å². The van der Waals surface area contributed by atoms with Crippen molar-refractivity contribution in [3.05, 3.63) is 58.6 Å². The predicted octanol–water partition coefficient (Wildman–Crippen LogP) is 6.11. The van der Waals surface area contributed by atoms with Crippen LogP contribution in [-0.2, 0) is 0 Å². The summed E-state index contributed by atoms with van der Waals surface area (Å²) in [5.74, 6) is 1.78. The molecule has 0 radical (unpaired) electrons. The second kappa shape index (κ2) is 9.26. The highest BCUT2D eigenvalue weighted by Crippen LogP contribution is 2.28. The zero-order valence-corrected chi connectivity index (χ0v) is 17.0. The number of thioether (sulfide) groups is 1. The van der Waals surface area contributed by atoms with Crippen LogP contribution in [0.3, 0.4) is 0 Å². The summed E-state index contributed by atoms with van der Waals surface area (Å²) in [5.41, 5.74) is 3.58. The summed E-state index contributed by atoms with van der Waals surface area (Å²) in [6, 6.07) is 13.7. The maximum absolute atomic E-state index is 5.86. The van der Waals surface area contributed by atoms with Crippen molar-refractivity contribution in [2.24, 2.45) is 0 Å². The molecule has 4 nitrogen and oxygen atoms in total. The Labute approximate surface area is 167 Å². The molecule has 3 rings (SSSR count). The molecular weight excluding hydrogens is 386 g/mol. The zero-order valence-electron chi connectivity index (χ0n) is 14.7. The lowest BCUT2D eigenvalue weighted by Crippen LogP contribution is -1.98. The van der Waals surface area contributed by atoms with Crippen molar-refractivity contribution in [1.82, 2.24) is 10.2 Å². The first-order chi connectivity index (χ1) is 12.6. The fraction of sp³-hybridized carbons (Fsp3) is 0.263. The molecule has 0 spiro atoms. The topological polar surface area (TPSA) is 47.0 Å². The summed E-state index contributed by atoms with van der Waals surface area (Å²) >= 11 is 9.12. The van der Waals surface area contributed by atoms with Gasteiger partial charge in [0.1, 0.15) is 5.75 Å². The number of benzene rings is 2. The van der Waals surface area contributed by atoms with Gasteiger partial charge in [-0.05, 0) is 67.8 Å². The number of nitrogens with one attached hydrogen (secondary N) is 1. The largest absolute Gasteiger partial charge is 0.494 e. The molecule has 7 heteroatoms. The van der Waals surface area contributed by atoms with Gasteiger partial charge in [-0.1, -0.05) is 40.8 Å². The lowest BCUT2D eigenvalue weighted by Gasteiger charge is -2.05. The molecule has 1 aromatic heterocycles. The summed E-state index contributed by atoms with van der Waals surface area (Å²) in [5, 5.41) is 13.3. The van der Waals surface area contributed by atoms with Crippen LogP contribution in [0.1, 0.15) is 17.5 Å². The van der Waals surface area contributed by atoms with Crippen molar-refractivity contribution in [3.8, 4) is 5.75 Å². The van der Waals surface area contributed by atoms with Crippen LogP contribution in [0.15, 0.2) is 46.8 Å². The van der Waals surface area contributed by atoms with E-state index < -0.39 is 0 Å². The maximum atomic E-state index is 5.86. The van der Waals surface area contributed by atoms with Crippen LogP contribution < -0.4 is 10.1 Å². The van der Waals surface area contributed by atoms with E-state index in [0.29, 0.717) is 6.61 Å². The Bertz CT molecular complexity index is 852. The van der Waals surface area contributed by atoms with E-state index in [4.69, 9.17) is 16.3 Å². The molecule has 0 atom stereocenters. The number of anilines is 2. The third-order valence-corrected chi connectivity index (χ3v) is 6.07. The molecule has 0 bridgehead atoms. The number of aryl methyl sites for hydroxylation is 2. The number of aromatic nitrogens is 2. The number of hydrogen-bond acceptors (Lipinski definition) is 6. The number of nitrogens with zero attached hydrogens (tertiary/aromatic N) is 2. The predicted molar refractivity (Wildman–Crippen MR) is 111 cm³/mol. The highest BCUT2D eigenvalue weighted by atomic mass is 35.5. The first kappa shape index (κ1) is 19.0. The summed E-state index contributed by atoms with van der Waals surface area (Å²) in [6.07, 6.45) is 0.937. The van der Waals surface area contributed by atoms with E-state index in [2.05, 4.69) is 47.6 Å². The second-order valence-electron chi connectivity index (χ2n) is 5.80. The van der Waals surface area contributed by atoms with E-state index in [9.17, 15) is 0 Å². The Hall–Kier alpha value is -1.76. The van der Waals surface area contributed by atoms with E-state index in [1.165, 1.54) is 11.1 Å². The fourth-order valence-corrected chi connectivity index (χ4v) is 4.08. The van der Waals surface area contributed by atoms with Gasteiger partial charge in [-0.3, -0.25) is 0 Å². The highest BCUT2D eigenvalue weighted by Gasteiger charge is 2.06. The minimum absolute atomic E-state index is 0.668. The van der Waals surface area contributed by atoms with Gasteiger partial charge in [0.2, 0.25) is 5.13 Å². The molecule has 0 aliphatic rings. The van der Waals surface area contributed by atoms with Crippen molar-refractivity contribution in [2.75, 3.05) is 17.7 Å². The first-order valence-corrected chi connectivity index (χ1v) is 10.5. The molecular formula is C19H20ClN3OS2. The Balaban J connectivity index is 1.40. The van der Waals surface area contributed by atoms with Gasteiger partial charge in [-0.25, -0.2) is 0 Å². The van der Waals surface area contributed by atoms with Crippen molar-refractivity contribution in [1.29, 1.82) is 0 Å². The summed E-state index contributed by atoms with van der Waals surface area (Å²) < 4.78 is 6.65. The Kier molecular flexibility index (Phi) is 6.77. The molecule has 0 fully saturated rings. The minimum atomic E-state index is 0.668. The number of halogens is 1. The highest BCUT2D eigenvalue weighted by molar-refractivity contribution is 8.01. The van der Waals surface area contributed by atoms with Crippen molar-refractivity contribution >= 4 is 45.5 Å². The number of ether oxygens (including phenoxy) is 1. The van der Waals surface area contributed by atoms with Gasteiger partial charge in [-0.2, -0.15) is 0 Å². The van der Waals surface area contributed by atoms with Crippen LogP contribution in [0.25, 0.3) is 0 Å². The molecule has 1 N–H and O–H groups in total. The Morgan fingerprint density at radius 3 is 2.65 bits per heavy atom. The molecule has 0 unspecified atom stereocenters. The molecule has 0 saturated carbocycles. The number of rotatable bonds is 8. The van der Waals surface area contributed by atoms with Gasteiger partial charge in [0, 0.05) is 16.5 Å². The van der Waals surface area contributed by atoms with Crippen molar-refractivity contribution in [3.63, 3.8) is 0 Å². The van der Waals surface area contributed by atoms with Gasteiger partial charge in [0.15, 0.2) is 4.34 Å². The van der Waals surface area contributed by atoms with Crippen molar-refractivity contribution in [2.45, 2.75) is 24.6 Å². The third kappa shape index (κ3) is 5.62. The van der Waals surface area contributed by atoms with Crippen molar-refractivity contribution < 1.29 is 4.74 Å². The summed E-state index contributed by atoms with van der Waals surface area (Å²) in [7, 11) is 0. The Morgan fingerprint density at radius 1 is 1.08 bits per heavy atom. The smallest absolute Gasteiger partial charge is 0.210 e. The standard InChI is InChI=1S/C19H20ClN3OS2/c1-13-4-7-16(12-14(13)2)21-18-22-23-19(26-18)25-11-3-10-24-17-8-5-15(20)6-9-17/h4-9,12H,3,10-11H2,1-2H3,(H,21,22). The van der Waals surface area contributed by atoms with Crippen LogP contribution in [0.4, 0.5) is 10.8 Å². The number of hydrogen-bond donors (Lipinski definition) is 1. The van der Waals surface area contributed by atoms with E-state index in [-0.39, 0.29) is 0 Å². The molecule has 26 heavy (non-hydrogen) atoms. The van der Waals surface area contributed by atoms with E-state index in [1.807, 2.05) is 24.3 Å². The molecule has 2 aromatic carbocycles. The van der Waals surface area contributed by atoms with Crippen LogP contribution in [0.5, 0.6) is 5.75 Å². The van der Waals surface area contributed by atoms with Crippen LogP contribution in [0.2, 0.25) is 5.02 Å². The second-order valence-corrected chi connectivity index (χ2v) is 8.56. The molecule has 0 aliphatic heterocycles. The molecule has 136 valence electrons. The van der Waals surface area contributed by atoms with Crippen LogP contribution in [0, 0.1) is 13.8 Å². The zero-order chi connectivity index (χ0) is 18.4. The monoisotopic (exact) mass is 405 g/mol. The minimum Gasteiger partial charge on any atom is -0.494 e. The lowest BCUT2D eigenvalue weighted by atomic mass is 10.1. The van der Waals surface area contributed by atoms with Gasteiger partial charge in [-0.15, -0.1) is 10.2 Å². The van der Waals surface area contributed by atoms with Crippen LogP contribution in [-0.4, -0.2) is 22.6 Å². The first-order valence-electron chi connectivity index (χ1n) is 8.29. The summed E-state index contributed by atoms with van der Waals surface area (Å²) in [6.45, 7) is 4.88. The van der Waals surface area contributed by atoms with Gasteiger partial charge >= 0.3 is 0 Å². The average molecular weight is 406 g/mol. The fourth-order valence-electron chi connectivity index (χ4n) is 2.20. The molecule has 0 aliphatic carbocycles. The molecule has 0 amide bonds. The molecule has 3 aromatic rings. The lowest BCUT2D eigenvalue weighted by molar-refractivity contribution is 0.319. The third-order valence-electron chi connectivity index (χ3n) is 3.76. The van der Waals surface area contributed by atoms with Crippen LogP contribution >= 0.6 is 34.7 Å². The molecule has 0 saturated heterocycles. The van der Waals surface area contributed by atoms with Gasteiger partial charge in [0.25, 0.3) is 0 Å². The Morgan fingerprint density at radius 2 is 1.88 bits per heavy atom. The summed E-state index contributed by atoms with van der Waals surface area (Å²) in [4.78, 5) is 0. The normalized spacial score (nSPS) is 10.7. The van der Waals surface area contributed by atoms with Gasteiger partial charge < -0.3 is 10.1 Å². The maximum Gasteiger partial charge on any atom is 0.210 e. The van der Waals surface area contributed by atoms with E-state index in [1.54, 1.807) is 23.1 Å². The quantitative estimate of drug-likeness (QED) is 0.361. The van der Waals surface area contributed by atoms with E-state index in [0.717, 1.165) is 38.1 Å². The SMILES string of the molecule is Cc1ccc(Nc2nnc(SCCCOc3ccc(Cl)cc3)s2)cc1C. The average Bonchev–Trinajstić information content (AvgIpc) is 3.07.